The lowest BCUT2D eigenvalue weighted by molar-refractivity contribution is -0.387. The monoisotopic (exact) mass is 292 g/mol. The van der Waals surface area contributed by atoms with Gasteiger partial charge < -0.3 is 5.32 Å². The number of nitro benzene ring substituents is 1. The fraction of sp³-hybridized carbons (Fsp3) is 0.200. The highest BCUT2D eigenvalue weighted by Gasteiger charge is 2.19. The van der Waals surface area contributed by atoms with Crippen LogP contribution in [-0.2, 0) is 0 Å². The van der Waals surface area contributed by atoms with E-state index < -0.39 is 22.2 Å². The lowest BCUT2D eigenvalue weighted by atomic mass is 10.1. The van der Waals surface area contributed by atoms with Crippen molar-refractivity contribution in [2.24, 2.45) is 0 Å². The van der Waals surface area contributed by atoms with Gasteiger partial charge in [-0.1, -0.05) is 29.8 Å². The molecule has 1 unspecified atom stereocenters. The van der Waals surface area contributed by atoms with E-state index in [9.17, 15) is 18.9 Å². The Morgan fingerprint density at radius 1 is 1.14 bits per heavy atom. The quantitative estimate of drug-likeness (QED) is 0.673. The summed E-state index contributed by atoms with van der Waals surface area (Å²) < 4.78 is 27.0. The highest BCUT2D eigenvalue weighted by molar-refractivity contribution is 5.54. The molecule has 0 saturated carbocycles. The molecule has 0 aliphatic carbocycles. The zero-order chi connectivity index (χ0) is 15.6. The molecule has 2 rings (SSSR count). The Labute approximate surface area is 120 Å². The Bertz CT molecular complexity index is 672. The largest absolute Gasteiger partial charge is 0.376 e. The van der Waals surface area contributed by atoms with E-state index in [0.717, 1.165) is 17.2 Å². The van der Waals surface area contributed by atoms with Crippen LogP contribution in [0.4, 0.5) is 20.2 Å². The molecule has 0 aliphatic heterocycles. The standard InChI is InChI=1S/C15H14F2N2O2/c1-9-3-5-11(6-4-9)10(2)18-14-8-15(19(20)21)13(17)7-12(14)16/h3-8,10,18H,1-2H3. The lowest BCUT2D eigenvalue weighted by Gasteiger charge is -2.16. The highest BCUT2D eigenvalue weighted by Crippen LogP contribution is 2.28. The Kier molecular flexibility index (Phi) is 4.16. The molecule has 0 fully saturated rings. The summed E-state index contributed by atoms with van der Waals surface area (Å²) in [5.41, 5.74) is 1.13. The Morgan fingerprint density at radius 3 is 2.33 bits per heavy atom. The zero-order valence-electron chi connectivity index (χ0n) is 11.6. The third-order valence-corrected chi connectivity index (χ3v) is 3.18. The summed E-state index contributed by atoms with van der Waals surface area (Å²) in [6.45, 7) is 3.74. The summed E-state index contributed by atoms with van der Waals surface area (Å²) in [5, 5.41) is 13.5. The molecule has 1 N–H and O–H groups in total. The average molecular weight is 292 g/mol. The third kappa shape index (κ3) is 3.34. The minimum absolute atomic E-state index is 0.101. The van der Waals surface area contributed by atoms with Gasteiger partial charge in [0, 0.05) is 18.2 Å². The lowest BCUT2D eigenvalue weighted by Crippen LogP contribution is -2.09. The Hall–Kier alpha value is -2.50. The first-order valence-corrected chi connectivity index (χ1v) is 6.35. The zero-order valence-corrected chi connectivity index (χ0v) is 11.6. The van der Waals surface area contributed by atoms with E-state index in [2.05, 4.69) is 5.32 Å². The number of nitro groups is 1. The fourth-order valence-electron chi connectivity index (χ4n) is 1.96. The maximum absolute atomic E-state index is 13.7. The summed E-state index contributed by atoms with van der Waals surface area (Å²) in [4.78, 5) is 9.82. The van der Waals surface area contributed by atoms with Crippen LogP contribution in [0.25, 0.3) is 0 Å². The van der Waals surface area contributed by atoms with Crippen molar-refractivity contribution in [1.82, 2.24) is 0 Å². The number of anilines is 1. The second-order valence-corrected chi connectivity index (χ2v) is 4.82. The summed E-state index contributed by atoms with van der Waals surface area (Å²) in [6, 6.07) is 8.70. The second-order valence-electron chi connectivity index (χ2n) is 4.82. The van der Waals surface area contributed by atoms with Gasteiger partial charge in [-0.3, -0.25) is 10.1 Å². The van der Waals surface area contributed by atoms with Gasteiger partial charge in [0.25, 0.3) is 0 Å². The number of halogens is 2. The van der Waals surface area contributed by atoms with Crippen molar-refractivity contribution in [1.29, 1.82) is 0 Å². The van der Waals surface area contributed by atoms with Crippen LogP contribution in [0, 0.1) is 28.7 Å². The van der Waals surface area contributed by atoms with Crippen LogP contribution in [-0.4, -0.2) is 4.92 Å². The van der Waals surface area contributed by atoms with Crippen molar-refractivity contribution < 1.29 is 13.7 Å². The van der Waals surface area contributed by atoms with Crippen molar-refractivity contribution in [3.8, 4) is 0 Å². The van der Waals surface area contributed by atoms with E-state index in [0.29, 0.717) is 6.07 Å². The average Bonchev–Trinajstić information content (AvgIpc) is 2.42. The summed E-state index contributed by atoms with van der Waals surface area (Å²) in [6.07, 6.45) is 0. The minimum atomic E-state index is -1.19. The second kappa shape index (κ2) is 5.87. The van der Waals surface area contributed by atoms with Crippen molar-refractivity contribution in [2.75, 3.05) is 5.32 Å². The van der Waals surface area contributed by atoms with E-state index in [1.807, 2.05) is 31.2 Å². The van der Waals surface area contributed by atoms with Gasteiger partial charge in [-0.05, 0) is 19.4 Å². The van der Waals surface area contributed by atoms with Crippen LogP contribution >= 0.6 is 0 Å². The van der Waals surface area contributed by atoms with Gasteiger partial charge in [-0.2, -0.15) is 4.39 Å². The molecular formula is C15H14F2N2O2. The molecule has 0 amide bonds. The first-order chi connectivity index (χ1) is 9.88. The Balaban J connectivity index is 2.28. The SMILES string of the molecule is Cc1ccc(C(C)Nc2cc([N+](=O)[O-])c(F)cc2F)cc1. The Morgan fingerprint density at radius 2 is 1.76 bits per heavy atom. The molecule has 4 nitrogen and oxygen atoms in total. The molecule has 0 heterocycles. The molecule has 6 heteroatoms. The van der Waals surface area contributed by atoms with Crippen molar-refractivity contribution in [2.45, 2.75) is 19.9 Å². The van der Waals surface area contributed by atoms with E-state index in [1.165, 1.54) is 0 Å². The van der Waals surface area contributed by atoms with Crippen LogP contribution in [0.2, 0.25) is 0 Å². The van der Waals surface area contributed by atoms with Crippen molar-refractivity contribution >= 4 is 11.4 Å². The van der Waals surface area contributed by atoms with Gasteiger partial charge in [-0.25, -0.2) is 4.39 Å². The number of nitrogens with zero attached hydrogens (tertiary/aromatic N) is 1. The van der Waals surface area contributed by atoms with Crippen LogP contribution in [0.5, 0.6) is 0 Å². The maximum atomic E-state index is 13.7. The molecule has 0 spiro atoms. The van der Waals surface area contributed by atoms with Gasteiger partial charge in [0.1, 0.15) is 5.82 Å². The molecule has 0 aromatic heterocycles. The van der Waals surface area contributed by atoms with E-state index in [1.54, 1.807) is 6.92 Å². The van der Waals surface area contributed by atoms with Crippen LogP contribution in [0.3, 0.4) is 0 Å². The molecule has 0 bridgehead atoms. The number of nitrogens with one attached hydrogen (secondary N) is 1. The van der Waals surface area contributed by atoms with E-state index in [4.69, 9.17) is 0 Å². The third-order valence-electron chi connectivity index (χ3n) is 3.18. The van der Waals surface area contributed by atoms with Gasteiger partial charge >= 0.3 is 5.69 Å². The van der Waals surface area contributed by atoms with Gasteiger partial charge in [0.15, 0.2) is 0 Å². The number of rotatable bonds is 4. The first kappa shape index (κ1) is 14.9. The molecule has 0 aliphatic rings. The van der Waals surface area contributed by atoms with Crippen LogP contribution < -0.4 is 5.32 Å². The minimum Gasteiger partial charge on any atom is -0.376 e. The molecule has 0 saturated heterocycles. The summed E-state index contributed by atoms with van der Waals surface area (Å²) in [7, 11) is 0. The number of benzene rings is 2. The molecule has 110 valence electrons. The van der Waals surface area contributed by atoms with E-state index >= 15 is 0 Å². The van der Waals surface area contributed by atoms with Gasteiger partial charge in [0.05, 0.1) is 10.6 Å². The molecule has 2 aromatic carbocycles. The normalized spacial score (nSPS) is 12.0. The molecular weight excluding hydrogens is 278 g/mol. The smallest absolute Gasteiger partial charge is 0.307 e. The highest BCUT2D eigenvalue weighted by atomic mass is 19.1. The number of hydrogen-bond acceptors (Lipinski definition) is 3. The number of hydrogen-bond donors (Lipinski definition) is 1. The summed E-state index contributed by atoms with van der Waals surface area (Å²) in [5.74, 6) is -2.05. The molecule has 0 radical (unpaired) electrons. The summed E-state index contributed by atoms with van der Waals surface area (Å²) >= 11 is 0. The van der Waals surface area contributed by atoms with Crippen molar-refractivity contribution in [3.63, 3.8) is 0 Å². The van der Waals surface area contributed by atoms with E-state index in [-0.39, 0.29) is 11.7 Å². The van der Waals surface area contributed by atoms with Crippen LogP contribution in [0.1, 0.15) is 24.1 Å². The van der Waals surface area contributed by atoms with Gasteiger partial charge in [-0.15, -0.1) is 0 Å². The number of aryl methyl sites for hydroxylation is 1. The predicted molar refractivity (Wildman–Crippen MR) is 76.2 cm³/mol. The van der Waals surface area contributed by atoms with Crippen LogP contribution in [0.15, 0.2) is 36.4 Å². The molecule has 21 heavy (non-hydrogen) atoms. The first-order valence-electron chi connectivity index (χ1n) is 6.35. The predicted octanol–water partition coefficient (Wildman–Crippen LogP) is 4.35. The maximum Gasteiger partial charge on any atom is 0.307 e. The topological polar surface area (TPSA) is 55.2 Å². The fourth-order valence-corrected chi connectivity index (χ4v) is 1.96. The van der Waals surface area contributed by atoms with Crippen molar-refractivity contribution in [3.05, 3.63) is 69.3 Å². The molecule has 1 atom stereocenters. The molecule has 2 aromatic rings. The van der Waals surface area contributed by atoms with Gasteiger partial charge in [0.2, 0.25) is 5.82 Å².